The van der Waals surface area contributed by atoms with E-state index in [2.05, 4.69) is 36.9 Å². The van der Waals surface area contributed by atoms with E-state index in [4.69, 9.17) is 16.9 Å². The number of nitrogens with one attached hydrogen (secondary N) is 4. The van der Waals surface area contributed by atoms with E-state index >= 15 is 0 Å². The van der Waals surface area contributed by atoms with E-state index in [9.17, 15) is 0 Å². The summed E-state index contributed by atoms with van der Waals surface area (Å²) >= 11 is 5.96. The van der Waals surface area contributed by atoms with Crippen LogP contribution >= 0.6 is 11.6 Å². The van der Waals surface area contributed by atoms with Crippen molar-refractivity contribution in [3.8, 4) is 6.07 Å². The molecule has 0 atom stereocenters. The van der Waals surface area contributed by atoms with Crippen LogP contribution in [0.5, 0.6) is 0 Å². The van der Waals surface area contributed by atoms with Gasteiger partial charge in [0.25, 0.3) is 0 Å². The van der Waals surface area contributed by atoms with Gasteiger partial charge in [0.05, 0.1) is 28.5 Å². The number of pyridine rings is 1. The lowest BCUT2D eigenvalue weighted by molar-refractivity contribution is 1.09. The summed E-state index contributed by atoms with van der Waals surface area (Å²) in [5.41, 5.74) is 2.66. The van der Waals surface area contributed by atoms with E-state index in [1.807, 2.05) is 13.0 Å². The Morgan fingerprint density at radius 2 is 2.29 bits per heavy atom. The monoisotopic (exact) mass is 301 g/mol. The molecule has 0 radical (unpaired) electrons. The Hall–Kier alpha value is -2.72. The second-order valence-electron chi connectivity index (χ2n) is 4.35. The molecule has 3 aromatic heterocycles. The van der Waals surface area contributed by atoms with Gasteiger partial charge in [-0.15, -0.1) is 0 Å². The van der Waals surface area contributed by atoms with Crippen LogP contribution in [0, 0.1) is 11.3 Å². The van der Waals surface area contributed by atoms with Crippen molar-refractivity contribution < 1.29 is 0 Å². The zero-order chi connectivity index (χ0) is 14.8. The van der Waals surface area contributed by atoms with Gasteiger partial charge in [-0.1, -0.05) is 11.6 Å². The van der Waals surface area contributed by atoms with Gasteiger partial charge in [0.15, 0.2) is 0 Å². The first-order valence-electron chi connectivity index (χ1n) is 6.35. The molecule has 7 nitrogen and oxygen atoms in total. The van der Waals surface area contributed by atoms with Crippen LogP contribution in [0.2, 0.25) is 5.15 Å². The van der Waals surface area contributed by atoms with E-state index < -0.39 is 0 Å². The molecule has 4 N–H and O–H groups in total. The summed E-state index contributed by atoms with van der Waals surface area (Å²) in [6, 6.07) is 3.99. The zero-order valence-electron chi connectivity index (χ0n) is 11.2. The number of nitrogens with zero attached hydrogens (tertiary/aromatic N) is 3. The van der Waals surface area contributed by atoms with Crippen molar-refractivity contribution in [2.75, 3.05) is 17.2 Å². The first-order valence-corrected chi connectivity index (χ1v) is 6.72. The van der Waals surface area contributed by atoms with Crippen LogP contribution in [-0.2, 0) is 0 Å². The van der Waals surface area contributed by atoms with Gasteiger partial charge in [0.2, 0.25) is 0 Å². The second kappa shape index (κ2) is 5.34. The number of rotatable bonds is 4. The fraction of sp³-hybridized carbons (Fsp3) is 0.154. The minimum atomic E-state index is 0.408. The molecule has 0 aliphatic heterocycles. The Kier molecular flexibility index (Phi) is 3.38. The van der Waals surface area contributed by atoms with Crippen molar-refractivity contribution in [2.45, 2.75) is 6.92 Å². The number of aromatic nitrogens is 4. The molecule has 0 saturated carbocycles. The van der Waals surface area contributed by atoms with Gasteiger partial charge in [0, 0.05) is 18.8 Å². The topological polar surface area (TPSA) is 105 Å². The van der Waals surface area contributed by atoms with Crippen molar-refractivity contribution in [2.24, 2.45) is 0 Å². The average molecular weight is 302 g/mol. The smallest absolute Gasteiger partial charge is 0.148 e. The molecule has 8 heteroatoms. The number of fused-ring (bicyclic) bond motifs is 1. The highest BCUT2D eigenvalue weighted by Gasteiger charge is 2.12. The maximum atomic E-state index is 9.16. The lowest BCUT2D eigenvalue weighted by atomic mass is 10.2. The third-order valence-corrected chi connectivity index (χ3v) is 3.27. The highest BCUT2D eigenvalue weighted by Crippen LogP contribution is 2.30. The Morgan fingerprint density at radius 1 is 1.43 bits per heavy atom. The Bertz CT molecular complexity index is 827. The summed E-state index contributed by atoms with van der Waals surface area (Å²) in [5.74, 6) is 0.605. The minimum absolute atomic E-state index is 0.408. The third kappa shape index (κ3) is 2.37. The van der Waals surface area contributed by atoms with Gasteiger partial charge < -0.3 is 15.6 Å². The van der Waals surface area contributed by atoms with Crippen molar-refractivity contribution in [3.63, 3.8) is 0 Å². The van der Waals surface area contributed by atoms with Crippen LogP contribution in [0.25, 0.3) is 11.0 Å². The molecule has 21 heavy (non-hydrogen) atoms. The fourth-order valence-electron chi connectivity index (χ4n) is 2.11. The summed E-state index contributed by atoms with van der Waals surface area (Å²) in [5, 5.41) is 23.2. The van der Waals surface area contributed by atoms with Crippen LogP contribution in [0.1, 0.15) is 12.5 Å². The number of hydrogen-bond donors (Lipinski definition) is 4. The van der Waals surface area contributed by atoms with E-state index in [-0.39, 0.29) is 0 Å². The van der Waals surface area contributed by atoms with Crippen molar-refractivity contribution in [1.29, 1.82) is 5.26 Å². The summed E-state index contributed by atoms with van der Waals surface area (Å²) in [6.45, 7) is 2.73. The van der Waals surface area contributed by atoms with E-state index in [1.54, 1.807) is 12.4 Å². The molecule has 0 amide bonds. The van der Waals surface area contributed by atoms with E-state index in [0.717, 1.165) is 17.6 Å². The molecule has 0 spiro atoms. The van der Waals surface area contributed by atoms with Crippen molar-refractivity contribution in [1.82, 2.24) is 20.2 Å². The van der Waals surface area contributed by atoms with Gasteiger partial charge in [-0.05, 0) is 6.92 Å². The second-order valence-corrected chi connectivity index (χ2v) is 4.72. The first kappa shape index (κ1) is 13.3. The predicted octanol–water partition coefficient (Wildman–Crippen LogP) is 2.99. The molecule has 0 fully saturated rings. The largest absolute Gasteiger partial charge is 0.385 e. The number of aromatic amines is 2. The van der Waals surface area contributed by atoms with Crippen LogP contribution in [0.4, 0.5) is 17.2 Å². The molecule has 0 aliphatic rings. The molecule has 0 bridgehead atoms. The van der Waals surface area contributed by atoms with Gasteiger partial charge in [-0.2, -0.15) is 10.4 Å². The van der Waals surface area contributed by atoms with Crippen LogP contribution < -0.4 is 10.6 Å². The van der Waals surface area contributed by atoms with Crippen LogP contribution in [-0.4, -0.2) is 26.7 Å². The number of nitriles is 1. The maximum Gasteiger partial charge on any atom is 0.148 e. The number of anilines is 3. The summed E-state index contributed by atoms with van der Waals surface area (Å²) in [7, 11) is 0. The highest BCUT2D eigenvalue weighted by molar-refractivity contribution is 6.32. The minimum Gasteiger partial charge on any atom is -0.385 e. The maximum absolute atomic E-state index is 9.16. The molecule has 0 saturated heterocycles. The molecule has 3 heterocycles. The Balaban J connectivity index is 2.09. The SMILES string of the molecule is CCNc1cc(Nc2cn[nH]c2Cl)nc2[nH]cc(C#N)c12. The quantitative estimate of drug-likeness (QED) is 0.593. The van der Waals surface area contributed by atoms with Gasteiger partial charge in [-0.25, -0.2) is 4.98 Å². The summed E-state index contributed by atoms with van der Waals surface area (Å²) in [6.07, 6.45) is 3.23. The molecule has 0 aromatic carbocycles. The van der Waals surface area contributed by atoms with E-state index in [1.165, 1.54) is 0 Å². The molecular formula is C13H12ClN7. The van der Waals surface area contributed by atoms with E-state index in [0.29, 0.717) is 27.9 Å². The Labute approximate surface area is 125 Å². The lowest BCUT2D eigenvalue weighted by Crippen LogP contribution is -2.01. The number of H-pyrrole nitrogens is 2. The number of halogens is 1. The molecule has 3 aromatic rings. The third-order valence-electron chi connectivity index (χ3n) is 2.99. The fourth-order valence-corrected chi connectivity index (χ4v) is 2.26. The summed E-state index contributed by atoms with van der Waals surface area (Å²) in [4.78, 5) is 7.45. The van der Waals surface area contributed by atoms with Crippen molar-refractivity contribution in [3.05, 3.63) is 29.2 Å². The number of hydrogen-bond acceptors (Lipinski definition) is 5. The van der Waals surface area contributed by atoms with Gasteiger partial charge in [0.1, 0.15) is 22.7 Å². The standard InChI is InChI=1S/C13H12ClN7/c1-2-16-8-3-10(19-9-6-18-21-12(9)14)20-13-11(8)7(4-15)5-17-13/h3,5-6H,2H2,1H3,(H,18,21)(H3,16,17,19,20). The zero-order valence-corrected chi connectivity index (χ0v) is 11.9. The van der Waals surface area contributed by atoms with Crippen LogP contribution in [0.3, 0.4) is 0 Å². The predicted molar refractivity (Wildman–Crippen MR) is 81.9 cm³/mol. The van der Waals surface area contributed by atoms with Gasteiger partial charge >= 0.3 is 0 Å². The van der Waals surface area contributed by atoms with Crippen LogP contribution in [0.15, 0.2) is 18.5 Å². The molecular weight excluding hydrogens is 290 g/mol. The molecule has 0 aliphatic carbocycles. The van der Waals surface area contributed by atoms with Crippen molar-refractivity contribution >= 4 is 39.8 Å². The normalized spacial score (nSPS) is 10.5. The average Bonchev–Trinajstić information content (AvgIpc) is 3.06. The van der Waals surface area contributed by atoms with Gasteiger partial charge in [-0.3, -0.25) is 5.10 Å². The molecule has 0 unspecified atom stereocenters. The Morgan fingerprint density at radius 3 is 2.95 bits per heavy atom. The molecule has 106 valence electrons. The lowest BCUT2D eigenvalue weighted by Gasteiger charge is -2.09. The molecule has 3 rings (SSSR count). The summed E-state index contributed by atoms with van der Waals surface area (Å²) < 4.78 is 0. The first-order chi connectivity index (χ1) is 10.2. The highest BCUT2D eigenvalue weighted by atomic mass is 35.5.